The molecule has 0 unspecified atom stereocenters. The number of benzene rings is 4. The van der Waals surface area contributed by atoms with Crippen LogP contribution in [0.25, 0.3) is 10.8 Å². The molecule has 4 aromatic rings. The zero-order chi connectivity index (χ0) is 34.5. The van der Waals surface area contributed by atoms with E-state index >= 15 is 0 Å². The molecule has 0 saturated heterocycles. The molecule has 14 heteroatoms. The van der Waals surface area contributed by atoms with E-state index in [2.05, 4.69) is 25.8 Å². The van der Waals surface area contributed by atoms with Crippen molar-refractivity contribution in [2.24, 2.45) is 20.5 Å². The van der Waals surface area contributed by atoms with E-state index in [0.29, 0.717) is 51.8 Å². The minimum Gasteiger partial charge on any atom is -0.505 e. The first kappa shape index (κ1) is 35.3. The van der Waals surface area contributed by atoms with Gasteiger partial charge in [-0.25, -0.2) is 16.8 Å². The molecule has 0 heterocycles. The molecule has 0 fully saturated rings. The Bertz CT molecular complexity index is 2090. The summed E-state index contributed by atoms with van der Waals surface area (Å²) < 4.78 is 61.5. The maximum absolute atomic E-state index is 12.8. The van der Waals surface area contributed by atoms with Crippen LogP contribution in [0.2, 0.25) is 0 Å². The van der Waals surface area contributed by atoms with Gasteiger partial charge in [-0.15, -0.1) is 15.3 Å². The number of phenolic OH excluding ortho intramolecular Hbond substituents is 1. The second-order valence-corrected chi connectivity index (χ2v) is 15.0. The fraction of sp³-hybridized carbons (Fsp3) is 0.333. The first-order chi connectivity index (χ1) is 22.3. The van der Waals surface area contributed by atoms with Gasteiger partial charge in [-0.2, -0.15) is 5.11 Å². The Morgan fingerprint density at radius 3 is 1.96 bits per heavy atom. The van der Waals surface area contributed by atoms with Crippen molar-refractivity contribution in [3.63, 3.8) is 0 Å². The Kier molecular flexibility index (Phi) is 10.9. The number of hydrogen-bond acceptors (Lipinski definition) is 12. The quantitative estimate of drug-likeness (QED) is 0.133. The zero-order valence-electron chi connectivity index (χ0n) is 27.4. The molecule has 2 N–H and O–H groups in total. The van der Waals surface area contributed by atoms with Gasteiger partial charge in [-0.1, -0.05) is 13.8 Å². The molecule has 0 atom stereocenters. The highest BCUT2D eigenvalue weighted by Gasteiger charge is 2.23. The SMILES string of the molecule is CCCS(=O)(=O)c1ccc(N=Nc2c(NC)ccc3c(O)c(N=Nc4cc(OC)c(S(=O)(=O)CCC)cc4OC)c(C)cc23)c(C)c1. The summed E-state index contributed by atoms with van der Waals surface area (Å²) in [5.74, 6) is 0.155. The molecular formula is C33H39N5O7S2. The molecule has 0 aromatic heterocycles. The van der Waals surface area contributed by atoms with Crippen molar-refractivity contribution in [2.75, 3.05) is 38.1 Å². The molecule has 4 aromatic carbocycles. The number of anilines is 1. The van der Waals surface area contributed by atoms with Crippen LogP contribution in [0.3, 0.4) is 0 Å². The summed E-state index contributed by atoms with van der Waals surface area (Å²) in [6, 6.07) is 12.8. The van der Waals surface area contributed by atoms with E-state index < -0.39 is 19.7 Å². The van der Waals surface area contributed by atoms with Gasteiger partial charge in [0.15, 0.2) is 25.4 Å². The van der Waals surface area contributed by atoms with Crippen molar-refractivity contribution in [2.45, 2.75) is 50.3 Å². The normalized spacial score (nSPS) is 12.3. The van der Waals surface area contributed by atoms with Crippen LogP contribution in [0.1, 0.15) is 37.8 Å². The van der Waals surface area contributed by atoms with Crippen LogP contribution >= 0.6 is 0 Å². The summed E-state index contributed by atoms with van der Waals surface area (Å²) >= 11 is 0. The highest BCUT2D eigenvalue weighted by atomic mass is 32.2. The number of ether oxygens (including phenoxy) is 2. The minimum absolute atomic E-state index is 0.00271. The predicted octanol–water partition coefficient (Wildman–Crippen LogP) is 8.42. The van der Waals surface area contributed by atoms with E-state index in [-0.39, 0.29) is 49.9 Å². The summed E-state index contributed by atoms with van der Waals surface area (Å²) in [7, 11) is -2.48. The number of aromatic hydroxyl groups is 1. The van der Waals surface area contributed by atoms with Gasteiger partial charge in [0, 0.05) is 30.0 Å². The van der Waals surface area contributed by atoms with Gasteiger partial charge in [0.25, 0.3) is 0 Å². The smallest absolute Gasteiger partial charge is 0.182 e. The van der Waals surface area contributed by atoms with E-state index in [0.717, 1.165) is 0 Å². The van der Waals surface area contributed by atoms with Crippen molar-refractivity contribution in [1.29, 1.82) is 0 Å². The summed E-state index contributed by atoms with van der Waals surface area (Å²) in [4.78, 5) is 0.240. The molecule has 47 heavy (non-hydrogen) atoms. The van der Waals surface area contributed by atoms with Crippen molar-refractivity contribution in [3.8, 4) is 17.2 Å². The fourth-order valence-electron chi connectivity index (χ4n) is 5.08. The number of aryl methyl sites for hydroxylation is 2. The van der Waals surface area contributed by atoms with Crippen LogP contribution in [0.5, 0.6) is 17.2 Å². The third-order valence-electron chi connectivity index (χ3n) is 7.49. The summed E-state index contributed by atoms with van der Waals surface area (Å²) in [5, 5.41) is 33.1. The number of sulfone groups is 2. The predicted molar refractivity (Wildman–Crippen MR) is 184 cm³/mol. The summed E-state index contributed by atoms with van der Waals surface area (Å²) in [6.45, 7) is 7.13. The lowest BCUT2D eigenvalue weighted by atomic mass is 10.0. The number of nitrogens with zero attached hydrogens (tertiary/aromatic N) is 4. The van der Waals surface area contributed by atoms with Gasteiger partial charge in [-0.3, -0.25) is 0 Å². The van der Waals surface area contributed by atoms with E-state index in [1.54, 1.807) is 52.1 Å². The van der Waals surface area contributed by atoms with Gasteiger partial charge in [0.1, 0.15) is 33.5 Å². The van der Waals surface area contributed by atoms with Crippen LogP contribution < -0.4 is 14.8 Å². The zero-order valence-corrected chi connectivity index (χ0v) is 29.1. The lowest BCUT2D eigenvalue weighted by molar-refractivity contribution is 0.393. The maximum Gasteiger partial charge on any atom is 0.182 e. The van der Waals surface area contributed by atoms with Crippen molar-refractivity contribution in [3.05, 3.63) is 59.7 Å². The lowest BCUT2D eigenvalue weighted by Gasteiger charge is -2.14. The van der Waals surface area contributed by atoms with Gasteiger partial charge in [0.2, 0.25) is 0 Å². The van der Waals surface area contributed by atoms with Gasteiger partial charge < -0.3 is 19.9 Å². The number of nitrogens with one attached hydrogen (secondary N) is 1. The molecule has 0 aliphatic heterocycles. The summed E-state index contributed by atoms with van der Waals surface area (Å²) in [6.07, 6.45) is 0.959. The first-order valence-electron chi connectivity index (χ1n) is 14.9. The minimum atomic E-state index is -3.62. The molecular weight excluding hydrogens is 643 g/mol. The molecule has 0 spiro atoms. The Balaban J connectivity index is 1.78. The van der Waals surface area contributed by atoms with Crippen LogP contribution in [-0.2, 0) is 19.7 Å². The van der Waals surface area contributed by atoms with E-state index in [9.17, 15) is 21.9 Å². The third kappa shape index (κ3) is 7.38. The number of azo groups is 2. The number of rotatable bonds is 13. The second kappa shape index (κ2) is 14.5. The molecule has 4 rings (SSSR count). The average molecular weight is 682 g/mol. The van der Waals surface area contributed by atoms with Crippen LogP contribution in [0.15, 0.2) is 78.8 Å². The van der Waals surface area contributed by atoms with Gasteiger partial charge >= 0.3 is 0 Å². The van der Waals surface area contributed by atoms with E-state index in [4.69, 9.17) is 9.47 Å². The van der Waals surface area contributed by atoms with Crippen LogP contribution in [0, 0.1) is 13.8 Å². The number of methoxy groups -OCH3 is 2. The first-order valence-corrected chi connectivity index (χ1v) is 18.2. The topological polar surface area (TPSA) is 168 Å². The maximum atomic E-state index is 12.8. The molecule has 0 aliphatic rings. The molecule has 0 saturated carbocycles. The Morgan fingerprint density at radius 2 is 1.34 bits per heavy atom. The lowest BCUT2D eigenvalue weighted by Crippen LogP contribution is -2.08. The standard InChI is InChI=1S/C33H39N5O7S2/c1-8-14-46(40,41)22-10-12-25(20(3)16-22)35-38-32-24-17-21(4)31(33(39)23(24)11-13-26(32)34-5)37-36-27-18-29(45-7)30(19-28(27)44-6)47(42,43)15-9-2/h10-13,16-19,34,39H,8-9,14-15H2,1-7H3. The van der Waals surface area contributed by atoms with Gasteiger partial charge in [0.05, 0.1) is 42.0 Å². The Morgan fingerprint density at radius 1 is 0.702 bits per heavy atom. The highest BCUT2D eigenvalue weighted by Crippen LogP contribution is 2.46. The van der Waals surface area contributed by atoms with Crippen LogP contribution in [0.4, 0.5) is 28.4 Å². The van der Waals surface area contributed by atoms with E-state index in [1.807, 2.05) is 13.0 Å². The molecule has 0 radical (unpaired) electrons. The van der Waals surface area contributed by atoms with Gasteiger partial charge in [-0.05, 0) is 74.2 Å². The average Bonchev–Trinajstić information content (AvgIpc) is 3.03. The van der Waals surface area contributed by atoms with Crippen molar-refractivity contribution in [1.82, 2.24) is 0 Å². The monoisotopic (exact) mass is 681 g/mol. The van der Waals surface area contributed by atoms with Crippen LogP contribution in [-0.4, -0.2) is 54.7 Å². The van der Waals surface area contributed by atoms with Crippen molar-refractivity contribution < 1.29 is 31.4 Å². The van der Waals surface area contributed by atoms with E-state index in [1.165, 1.54) is 32.4 Å². The number of hydrogen-bond donors (Lipinski definition) is 2. The third-order valence-corrected chi connectivity index (χ3v) is 11.3. The highest BCUT2D eigenvalue weighted by molar-refractivity contribution is 7.91. The number of phenols is 1. The molecule has 0 aliphatic carbocycles. The Hall–Kier alpha value is -4.56. The largest absolute Gasteiger partial charge is 0.505 e. The fourth-order valence-corrected chi connectivity index (χ4v) is 7.97. The summed E-state index contributed by atoms with van der Waals surface area (Å²) in [5.41, 5.74) is 3.26. The molecule has 12 nitrogen and oxygen atoms in total. The molecule has 250 valence electrons. The Labute approximate surface area is 275 Å². The van der Waals surface area contributed by atoms with Crippen molar-refractivity contribution >= 4 is 58.9 Å². The second-order valence-electron chi connectivity index (χ2n) is 10.9. The number of fused-ring (bicyclic) bond motifs is 1. The molecule has 0 bridgehead atoms. The molecule has 0 amide bonds.